The maximum Gasteiger partial charge on any atom is 0.200 e. The first kappa shape index (κ1) is 31.4. The highest BCUT2D eigenvalue weighted by atomic mass is 16.5. The molecule has 0 aromatic heterocycles. The summed E-state index contributed by atoms with van der Waals surface area (Å²) in [5.74, 6) is 1.20. The van der Waals surface area contributed by atoms with Crippen LogP contribution in [0.25, 0.3) is 0 Å². The lowest BCUT2D eigenvalue weighted by Crippen LogP contribution is -2.26. The molecule has 224 valence electrons. The van der Waals surface area contributed by atoms with Crippen LogP contribution in [-0.2, 0) is 5.41 Å². The van der Waals surface area contributed by atoms with Gasteiger partial charge in [0.15, 0.2) is 34.5 Å². The van der Waals surface area contributed by atoms with Crippen molar-refractivity contribution < 1.29 is 43.7 Å². The number of phenolic OH excluding ortho intramolecular Hbond substituents is 3. The maximum absolute atomic E-state index is 10.9. The number of ether oxygens (including phenoxy) is 6. The molecule has 9 heteroatoms. The van der Waals surface area contributed by atoms with Crippen LogP contribution in [0.2, 0.25) is 0 Å². The molecule has 0 saturated carbocycles. The second-order valence-corrected chi connectivity index (χ2v) is 9.19. The van der Waals surface area contributed by atoms with Crippen molar-refractivity contribution in [3.05, 3.63) is 53.1 Å². The Hall–Kier alpha value is -4.14. The van der Waals surface area contributed by atoms with Gasteiger partial charge in [-0.25, -0.2) is 0 Å². The second kappa shape index (κ2) is 14.0. The van der Waals surface area contributed by atoms with Gasteiger partial charge in [-0.05, 0) is 102 Å². The number of hydrogen-bond acceptors (Lipinski definition) is 9. The molecule has 0 aliphatic heterocycles. The quantitative estimate of drug-likeness (QED) is 0.175. The minimum Gasteiger partial charge on any atom is -0.502 e. The van der Waals surface area contributed by atoms with Crippen LogP contribution in [0.1, 0.15) is 65.2 Å². The molecule has 3 aromatic rings. The van der Waals surface area contributed by atoms with E-state index in [4.69, 9.17) is 28.4 Å². The van der Waals surface area contributed by atoms with E-state index in [2.05, 4.69) is 0 Å². The first-order chi connectivity index (χ1) is 19.7. The summed E-state index contributed by atoms with van der Waals surface area (Å²) < 4.78 is 34.9. The lowest BCUT2D eigenvalue weighted by Gasteiger charge is -2.34. The molecule has 0 atom stereocenters. The van der Waals surface area contributed by atoms with Gasteiger partial charge >= 0.3 is 0 Å². The summed E-state index contributed by atoms with van der Waals surface area (Å²) in [7, 11) is 0. The minimum atomic E-state index is -1.03. The van der Waals surface area contributed by atoms with Crippen LogP contribution >= 0.6 is 0 Å². The molecule has 0 heterocycles. The highest BCUT2D eigenvalue weighted by molar-refractivity contribution is 5.65. The summed E-state index contributed by atoms with van der Waals surface area (Å²) in [6.07, 6.45) is 0. The molecule has 0 aliphatic carbocycles. The third-order valence-corrected chi connectivity index (χ3v) is 6.65. The predicted molar refractivity (Wildman–Crippen MR) is 157 cm³/mol. The summed E-state index contributed by atoms with van der Waals surface area (Å²) in [5, 5.41) is 32.7. The van der Waals surface area contributed by atoms with Gasteiger partial charge in [0.2, 0.25) is 17.2 Å². The number of hydrogen-bond donors (Lipinski definition) is 3. The molecule has 0 aliphatic rings. The smallest absolute Gasteiger partial charge is 0.200 e. The van der Waals surface area contributed by atoms with Crippen LogP contribution in [0.15, 0.2) is 36.4 Å². The fourth-order valence-corrected chi connectivity index (χ4v) is 4.71. The van der Waals surface area contributed by atoms with Gasteiger partial charge in [-0.2, -0.15) is 0 Å². The molecule has 0 unspecified atom stereocenters. The van der Waals surface area contributed by atoms with Crippen LogP contribution < -0.4 is 28.4 Å². The Morgan fingerprint density at radius 1 is 0.415 bits per heavy atom. The van der Waals surface area contributed by atoms with Gasteiger partial charge < -0.3 is 43.7 Å². The Balaban J connectivity index is 2.50. The van der Waals surface area contributed by atoms with Crippen molar-refractivity contribution in [3.63, 3.8) is 0 Å². The molecular formula is C32H42O9. The van der Waals surface area contributed by atoms with Crippen LogP contribution in [-0.4, -0.2) is 55.0 Å². The standard InChI is InChI=1S/C32H42O9/c1-8-36-23-14-20(15-24(29(23)33)37-9-2)32(7,21-16-25(38-10-3)30(34)26(17-21)39-11-4)22-18-27(40-12-5)31(35)28(19-22)41-13-6/h14-19,33-35H,8-13H2,1-7H3. The first-order valence-electron chi connectivity index (χ1n) is 14.1. The van der Waals surface area contributed by atoms with E-state index in [1.54, 1.807) is 36.4 Å². The van der Waals surface area contributed by atoms with Gasteiger partial charge in [-0.1, -0.05) is 0 Å². The summed E-state index contributed by atoms with van der Waals surface area (Å²) in [6.45, 7) is 14.9. The van der Waals surface area contributed by atoms with Crippen LogP contribution in [0, 0.1) is 0 Å². The third-order valence-electron chi connectivity index (χ3n) is 6.65. The van der Waals surface area contributed by atoms with Gasteiger partial charge in [-0.3, -0.25) is 0 Å². The van der Waals surface area contributed by atoms with E-state index in [0.29, 0.717) is 56.3 Å². The molecule has 0 saturated heterocycles. The van der Waals surface area contributed by atoms with Crippen LogP contribution in [0.4, 0.5) is 0 Å². The minimum absolute atomic E-state index is 0.105. The molecule has 0 fully saturated rings. The topological polar surface area (TPSA) is 116 Å². The fraction of sp³-hybridized carbons (Fsp3) is 0.438. The average molecular weight is 571 g/mol. The highest BCUT2D eigenvalue weighted by Gasteiger charge is 2.37. The van der Waals surface area contributed by atoms with Gasteiger partial charge in [0, 0.05) is 5.41 Å². The number of aromatic hydroxyl groups is 3. The first-order valence-corrected chi connectivity index (χ1v) is 14.1. The number of phenols is 3. The van der Waals surface area contributed by atoms with Crippen molar-refractivity contribution in [3.8, 4) is 51.7 Å². The lowest BCUT2D eigenvalue weighted by molar-refractivity contribution is 0.286. The predicted octanol–water partition coefficient (Wildman–Crippen LogP) is 6.55. The average Bonchev–Trinajstić information content (AvgIpc) is 2.95. The Kier molecular flexibility index (Phi) is 10.7. The van der Waals surface area contributed by atoms with Crippen molar-refractivity contribution >= 4 is 0 Å². The van der Waals surface area contributed by atoms with E-state index in [-0.39, 0.29) is 51.7 Å². The molecule has 41 heavy (non-hydrogen) atoms. The van der Waals surface area contributed by atoms with Crippen molar-refractivity contribution in [1.29, 1.82) is 0 Å². The van der Waals surface area contributed by atoms with Crippen molar-refractivity contribution in [2.45, 2.75) is 53.9 Å². The van der Waals surface area contributed by atoms with Gasteiger partial charge in [0.05, 0.1) is 39.6 Å². The zero-order chi connectivity index (χ0) is 30.2. The molecule has 9 nitrogen and oxygen atoms in total. The van der Waals surface area contributed by atoms with Gasteiger partial charge in [0.25, 0.3) is 0 Å². The Bertz CT molecular complexity index is 1080. The van der Waals surface area contributed by atoms with Crippen molar-refractivity contribution in [1.82, 2.24) is 0 Å². The molecule has 3 aromatic carbocycles. The SMILES string of the molecule is CCOc1cc(C(C)(c2cc(OCC)c(O)c(OCC)c2)c2cc(OCC)c(O)c(OCC)c2)cc(OCC)c1O. The van der Waals surface area contributed by atoms with E-state index >= 15 is 0 Å². The van der Waals surface area contributed by atoms with Crippen molar-refractivity contribution in [2.24, 2.45) is 0 Å². The number of benzene rings is 3. The summed E-state index contributed by atoms with van der Waals surface area (Å²) >= 11 is 0. The largest absolute Gasteiger partial charge is 0.502 e. The lowest BCUT2D eigenvalue weighted by atomic mass is 9.70. The Morgan fingerprint density at radius 3 is 0.732 bits per heavy atom. The maximum atomic E-state index is 10.9. The highest BCUT2D eigenvalue weighted by Crippen LogP contribution is 2.51. The molecule has 0 amide bonds. The number of rotatable bonds is 15. The van der Waals surface area contributed by atoms with Crippen LogP contribution in [0.3, 0.4) is 0 Å². The molecule has 3 N–H and O–H groups in total. The second-order valence-electron chi connectivity index (χ2n) is 9.19. The van der Waals surface area contributed by atoms with E-state index in [9.17, 15) is 15.3 Å². The molecule has 0 spiro atoms. The summed E-state index contributed by atoms with van der Waals surface area (Å²) in [4.78, 5) is 0. The molecule has 0 bridgehead atoms. The van der Waals surface area contributed by atoms with Gasteiger partial charge in [0.1, 0.15) is 0 Å². The summed E-state index contributed by atoms with van der Waals surface area (Å²) in [6, 6.07) is 10.5. The third kappa shape index (κ3) is 6.45. The molecular weight excluding hydrogens is 528 g/mol. The van der Waals surface area contributed by atoms with Crippen LogP contribution in [0.5, 0.6) is 51.7 Å². The monoisotopic (exact) mass is 570 g/mol. The van der Waals surface area contributed by atoms with E-state index < -0.39 is 5.41 Å². The van der Waals surface area contributed by atoms with E-state index in [0.717, 1.165) is 0 Å². The molecule has 3 rings (SSSR count). The normalized spacial score (nSPS) is 11.2. The fourth-order valence-electron chi connectivity index (χ4n) is 4.71. The van der Waals surface area contributed by atoms with Crippen molar-refractivity contribution in [2.75, 3.05) is 39.6 Å². The van der Waals surface area contributed by atoms with E-state index in [1.807, 2.05) is 48.5 Å². The Morgan fingerprint density at radius 2 is 0.585 bits per heavy atom. The molecule has 0 radical (unpaired) electrons. The Labute approximate surface area is 242 Å². The van der Waals surface area contributed by atoms with E-state index in [1.165, 1.54) is 0 Å². The van der Waals surface area contributed by atoms with Gasteiger partial charge in [-0.15, -0.1) is 0 Å². The zero-order valence-electron chi connectivity index (χ0n) is 25.0. The summed E-state index contributed by atoms with van der Waals surface area (Å²) in [5.41, 5.74) is 1.04. The zero-order valence-corrected chi connectivity index (χ0v) is 25.0.